The number of piperidine rings is 1. The molecule has 3 rings (SSSR count). The fraction of sp³-hybridized carbons (Fsp3) is 0.381. The maximum Gasteiger partial charge on any atom is 0.243 e. The normalized spacial score (nSPS) is 18.4. The molecule has 1 saturated heterocycles. The molecule has 144 valence electrons. The molecule has 2 aromatic carbocycles. The molecule has 1 N–H and O–H groups in total. The minimum Gasteiger partial charge on any atom is -0.325 e. The lowest BCUT2D eigenvalue weighted by molar-refractivity contribution is -0.120. The van der Waals surface area contributed by atoms with Crippen molar-refractivity contribution < 1.29 is 13.2 Å². The van der Waals surface area contributed by atoms with Crippen molar-refractivity contribution in [2.75, 3.05) is 11.9 Å². The van der Waals surface area contributed by atoms with E-state index in [0.29, 0.717) is 24.6 Å². The van der Waals surface area contributed by atoms with Crippen LogP contribution in [0.5, 0.6) is 0 Å². The highest BCUT2D eigenvalue weighted by Gasteiger charge is 2.37. The predicted molar refractivity (Wildman–Crippen MR) is 107 cm³/mol. The van der Waals surface area contributed by atoms with Crippen LogP contribution < -0.4 is 5.32 Å². The number of hydrogen-bond acceptors (Lipinski definition) is 3. The number of nitrogens with one attached hydrogen (secondary N) is 1. The van der Waals surface area contributed by atoms with E-state index >= 15 is 0 Å². The number of rotatable bonds is 5. The molecular weight excluding hydrogens is 360 g/mol. The van der Waals surface area contributed by atoms with Gasteiger partial charge in [-0.1, -0.05) is 50.6 Å². The summed E-state index contributed by atoms with van der Waals surface area (Å²) in [4.78, 5) is 13.1. The molecule has 5 nitrogen and oxygen atoms in total. The van der Waals surface area contributed by atoms with Crippen LogP contribution in [0, 0.1) is 0 Å². The van der Waals surface area contributed by atoms with Crippen molar-refractivity contribution in [3.63, 3.8) is 0 Å². The molecule has 1 amide bonds. The van der Waals surface area contributed by atoms with Crippen LogP contribution >= 0.6 is 0 Å². The van der Waals surface area contributed by atoms with Crippen molar-refractivity contribution in [1.82, 2.24) is 4.31 Å². The average molecular weight is 387 g/mol. The van der Waals surface area contributed by atoms with Crippen LogP contribution in [0.15, 0.2) is 59.5 Å². The van der Waals surface area contributed by atoms with Crippen LogP contribution in [0.25, 0.3) is 0 Å². The van der Waals surface area contributed by atoms with Gasteiger partial charge in [-0.15, -0.1) is 0 Å². The molecule has 1 fully saturated rings. The van der Waals surface area contributed by atoms with Crippen LogP contribution in [-0.2, 0) is 14.8 Å². The summed E-state index contributed by atoms with van der Waals surface area (Å²) in [5, 5.41) is 2.92. The Kier molecular flexibility index (Phi) is 5.97. The fourth-order valence-electron chi connectivity index (χ4n) is 3.38. The number of amides is 1. The zero-order chi connectivity index (χ0) is 19.4. The molecular formula is C21H26N2O3S. The Morgan fingerprint density at radius 1 is 1.07 bits per heavy atom. The highest BCUT2D eigenvalue weighted by Crippen LogP contribution is 2.27. The Balaban J connectivity index is 1.83. The topological polar surface area (TPSA) is 66.5 Å². The van der Waals surface area contributed by atoms with Gasteiger partial charge in [-0.3, -0.25) is 4.79 Å². The van der Waals surface area contributed by atoms with Gasteiger partial charge in [0.15, 0.2) is 0 Å². The molecule has 1 unspecified atom stereocenters. The molecule has 1 aliphatic rings. The zero-order valence-corrected chi connectivity index (χ0v) is 16.6. The van der Waals surface area contributed by atoms with Crippen molar-refractivity contribution in [2.24, 2.45) is 0 Å². The predicted octanol–water partition coefficient (Wildman–Crippen LogP) is 3.99. The maximum absolute atomic E-state index is 13.0. The van der Waals surface area contributed by atoms with E-state index in [2.05, 4.69) is 19.2 Å². The summed E-state index contributed by atoms with van der Waals surface area (Å²) in [5.41, 5.74) is 1.83. The summed E-state index contributed by atoms with van der Waals surface area (Å²) in [7, 11) is -3.70. The van der Waals surface area contributed by atoms with Gasteiger partial charge in [0, 0.05) is 12.2 Å². The number of anilines is 1. The first-order chi connectivity index (χ1) is 12.9. The van der Waals surface area contributed by atoms with Gasteiger partial charge in [0.1, 0.15) is 6.04 Å². The summed E-state index contributed by atoms with van der Waals surface area (Å²) >= 11 is 0. The first-order valence-corrected chi connectivity index (χ1v) is 10.8. The SMILES string of the molecule is CC(C)c1cccc(NC(=O)C2CCCCN2S(=O)(=O)c2ccccc2)c1. The smallest absolute Gasteiger partial charge is 0.243 e. The fourth-order valence-corrected chi connectivity index (χ4v) is 5.06. The number of benzene rings is 2. The van der Waals surface area contributed by atoms with E-state index in [1.54, 1.807) is 30.3 Å². The lowest BCUT2D eigenvalue weighted by Gasteiger charge is -2.33. The number of sulfonamides is 1. The summed E-state index contributed by atoms with van der Waals surface area (Å²) in [6.07, 6.45) is 2.13. The van der Waals surface area contributed by atoms with Crippen LogP contribution in [0.3, 0.4) is 0 Å². The molecule has 1 heterocycles. The molecule has 0 spiro atoms. The number of carbonyl (C=O) groups excluding carboxylic acids is 1. The van der Waals surface area contributed by atoms with E-state index in [4.69, 9.17) is 0 Å². The van der Waals surface area contributed by atoms with E-state index in [1.165, 1.54) is 4.31 Å². The van der Waals surface area contributed by atoms with E-state index < -0.39 is 16.1 Å². The van der Waals surface area contributed by atoms with Crippen LogP contribution in [0.4, 0.5) is 5.69 Å². The second-order valence-electron chi connectivity index (χ2n) is 7.21. The summed E-state index contributed by atoms with van der Waals surface area (Å²) in [6.45, 7) is 4.55. The van der Waals surface area contributed by atoms with Gasteiger partial charge in [-0.25, -0.2) is 8.42 Å². The Labute approximate surface area is 161 Å². The van der Waals surface area contributed by atoms with Gasteiger partial charge < -0.3 is 5.32 Å². The van der Waals surface area contributed by atoms with Gasteiger partial charge in [-0.2, -0.15) is 4.31 Å². The van der Waals surface area contributed by atoms with Crippen molar-refractivity contribution in [3.05, 3.63) is 60.2 Å². The zero-order valence-electron chi connectivity index (χ0n) is 15.8. The molecule has 2 aromatic rings. The Bertz CT molecular complexity index is 895. The summed E-state index contributed by atoms with van der Waals surface area (Å²) < 4.78 is 27.4. The van der Waals surface area contributed by atoms with Gasteiger partial charge in [0.2, 0.25) is 15.9 Å². The number of carbonyl (C=O) groups is 1. The van der Waals surface area contributed by atoms with Crippen molar-refractivity contribution in [2.45, 2.75) is 50.0 Å². The Hall–Kier alpha value is -2.18. The van der Waals surface area contributed by atoms with Gasteiger partial charge in [0.05, 0.1) is 4.90 Å². The summed E-state index contributed by atoms with van der Waals surface area (Å²) in [6, 6.07) is 15.3. The lowest BCUT2D eigenvalue weighted by Crippen LogP contribution is -2.49. The molecule has 1 atom stereocenters. The molecule has 0 saturated carbocycles. The third kappa shape index (κ3) is 4.39. The largest absolute Gasteiger partial charge is 0.325 e. The standard InChI is InChI=1S/C21H26N2O3S/c1-16(2)17-9-8-10-18(15-17)22-21(24)20-13-6-7-14-23(20)27(25,26)19-11-4-3-5-12-19/h3-5,8-12,15-16,20H,6-7,13-14H2,1-2H3,(H,22,24). The van der Waals surface area contributed by atoms with Crippen LogP contribution in [-0.4, -0.2) is 31.2 Å². The minimum atomic E-state index is -3.70. The molecule has 0 radical (unpaired) electrons. The summed E-state index contributed by atoms with van der Waals surface area (Å²) in [5.74, 6) is 0.0848. The quantitative estimate of drug-likeness (QED) is 0.845. The lowest BCUT2D eigenvalue weighted by atomic mass is 10.0. The Morgan fingerprint density at radius 2 is 1.81 bits per heavy atom. The van der Waals surface area contributed by atoms with Gasteiger partial charge in [-0.05, 0) is 48.6 Å². The van der Waals surface area contributed by atoms with Gasteiger partial charge >= 0.3 is 0 Å². The van der Waals surface area contributed by atoms with Crippen molar-refractivity contribution in [1.29, 1.82) is 0 Å². The molecule has 0 aliphatic carbocycles. The van der Waals surface area contributed by atoms with E-state index in [-0.39, 0.29) is 10.8 Å². The van der Waals surface area contributed by atoms with Crippen LogP contribution in [0.1, 0.15) is 44.6 Å². The first-order valence-electron chi connectivity index (χ1n) is 9.37. The molecule has 1 aliphatic heterocycles. The molecule has 27 heavy (non-hydrogen) atoms. The van der Waals surface area contributed by atoms with Crippen molar-refractivity contribution >= 4 is 21.6 Å². The average Bonchev–Trinajstić information content (AvgIpc) is 2.69. The van der Waals surface area contributed by atoms with E-state index in [0.717, 1.165) is 18.4 Å². The van der Waals surface area contributed by atoms with Crippen LogP contribution in [0.2, 0.25) is 0 Å². The third-order valence-electron chi connectivity index (χ3n) is 4.93. The highest BCUT2D eigenvalue weighted by atomic mass is 32.2. The highest BCUT2D eigenvalue weighted by molar-refractivity contribution is 7.89. The van der Waals surface area contributed by atoms with E-state index in [1.807, 2.05) is 24.3 Å². The second-order valence-corrected chi connectivity index (χ2v) is 9.10. The molecule has 0 bridgehead atoms. The first kappa shape index (κ1) is 19.6. The number of nitrogens with zero attached hydrogens (tertiary/aromatic N) is 1. The number of hydrogen-bond donors (Lipinski definition) is 1. The van der Waals surface area contributed by atoms with Gasteiger partial charge in [0.25, 0.3) is 0 Å². The maximum atomic E-state index is 13.0. The van der Waals surface area contributed by atoms with Crippen molar-refractivity contribution in [3.8, 4) is 0 Å². The monoisotopic (exact) mass is 386 g/mol. The molecule has 6 heteroatoms. The second kappa shape index (κ2) is 8.23. The third-order valence-corrected chi connectivity index (χ3v) is 6.85. The molecule has 0 aromatic heterocycles. The Morgan fingerprint density at radius 3 is 2.52 bits per heavy atom. The van der Waals surface area contributed by atoms with E-state index in [9.17, 15) is 13.2 Å². The minimum absolute atomic E-state index is 0.228.